The summed E-state index contributed by atoms with van der Waals surface area (Å²) in [6.07, 6.45) is 0.556. The lowest BCUT2D eigenvalue weighted by Gasteiger charge is -2.23. The minimum absolute atomic E-state index is 0.217. The molecule has 1 aliphatic heterocycles. The van der Waals surface area contributed by atoms with Crippen LogP contribution in [0.2, 0.25) is 0 Å². The molecule has 0 saturated carbocycles. The van der Waals surface area contributed by atoms with Gasteiger partial charge in [0.15, 0.2) is 0 Å². The molecule has 1 fully saturated rings. The van der Waals surface area contributed by atoms with Crippen LogP contribution in [0.5, 0.6) is 0 Å². The summed E-state index contributed by atoms with van der Waals surface area (Å²) in [5, 5.41) is 16.4. The fourth-order valence-corrected chi connectivity index (χ4v) is 4.11. The molecule has 37 heavy (non-hydrogen) atoms. The molecule has 4 rings (SSSR count). The van der Waals surface area contributed by atoms with Crippen LogP contribution in [0.1, 0.15) is 43.8 Å². The summed E-state index contributed by atoms with van der Waals surface area (Å²) < 4.78 is 46.5. The second kappa shape index (κ2) is 11.2. The average molecular weight is 511 g/mol. The highest BCUT2D eigenvalue weighted by Crippen LogP contribution is 2.26. The maximum absolute atomic E-state index is 13.3. The van der Waals surface area contributed by atoms with Crippen molar-refractivity contribution in [3.8, 4) is 17.9 Å². The number of aromatic nitrogens is 3. The highest BCUT2D eigenvalue weighted by atomic mass is 19.4. The second-order valence-corrected chi connectivity index (χ2v) is 9.56. The van der Waals surface area contributed by atoms with Crippen molar-refractivity contribution in [3.05, 3.63) is 53.7 Å². The Morgan fingerprint density at radius 3 is 2.59 bits per heavy atom. The third kappa shape index (κ3) is 7.00. The van der Waals surface area contributed by atoms with Crippen molar-refractivity contribution >= 4 is 16.6 Å². The van der Waals surface area contributed by atoms with Gasteiger partial charge in [-0.15, -0.1) is 0 Å². The molecule has 0 amide bonds. The maximum Gasteiger partial charge on any atom is 0.406 e. The summed E-state index contributed by atoms with van der Waals surface area (Å²) in [5.41, 5.74) is 2.09. The van der Waals surface area contributed by atoms with Crippen LogP contribution < -0.4 is 10.6 Å². The second-order valence-electron chi connectivity index (χ2n) is 9.56. The summed E-state index contributed by atoms with van der Waals surface area (Å²) in [4.78, 5) is 8.71. The Morgan fingerprint density at radius 1 is 1.14 bits per heavy atom. The first-order chi connectivity index (χ1) is 17.6. The topological polar surface area (TPSA) is 87.8 Å². The van der Waals surface area contributed by atoms with E-state index in [4.69, 9.17) is 4.74 Å². The van der Waals surface area contributed by atoms with Gasteiger partial charge in [-0.3, -0.25) is 9.97 Å². The van der Waals surface area contributed by atoms with E-state index in [0.29, 0.717) is 34.9 Å². The van der Waals surface area contributed by atoms with Crippen molar-refractivity contribution in [3.63, 3.8) is 0 Å². The molecule has 0 aromatic carbocycles. The maximum atomic E-state index is 13.3. The first kappa shape index (κ1) is 26.5. The molecule has 1 saturated heterocycles. The van der Waals surface area contributed by atoms with Crippen LogP contribution in [0, 0.1) is 23.2 Å². The van der Waals surface area contributed by atoms with E-state index in [2.05, 4.69) is 38.5 Å². The Balaban J connectivity index is 1.48. The number of nitrogens with one attached hydrogen (secondary N) is 2. The first-order valence-corrected chi connectivity index (χ1v) is 12.1. The van der Waals surface area contributed by atoms with E-state index >= 15 is 0 Å². The molecule has 0 radical (unpaired) electrons. The summed E-state index contributed by atoms with van der Waals surface area (Å²) in [7, 11) is 0. The van der Waals surface area contributed by atoms with Gasteiger partial charge in [-0.1, -0.05) is 5.92 Å². The van der Waals surface area contributed by atoms with E-state index in [0.717, 1.165) is 36.3 Å². The van der Waals surface area contributed by atoms with E-state index in [1.165, 1.54) is 6.20 Å². The number of nitrogens with zero attached hydrogens (tertiary/aromatic N) is 4. The molecule has 0 atom stereocenters. The van der Waals surface area contributed by atoms with Crippen molar-refractivity contribution in [2.24, 2.45) is 0 Å². The minimum atomic E-state index is -4.39. The lowest BCUT2D eigenvalue weighted by atomic mass is 9.91. The van der Waals surface area contributed by atoms with Crippen LogP contribution in [-0.4, -0.2) is 46.5 Å². The third-order valence-corrected chi connectivity index (χ3v) is 6.26. The van der Waals surface area contributed by atoms with Crippen LogP contribution in [0.15, 0.2) is 36.7 Å². The fourth-order valence-electron chi connectivity index (χ4n) is 4.11. The van der Waals surface area contributed by atoms with Crippen molar-refractivity contribution < 1.29 is 17.9 Å². The van der Waals surface area contributed by atoms with Gasteiger partial charge in [0, 0.05) is 31.2 Å². The van der Waals surface area contributed by atoms with Gasteiger partial charge < -0.3 is 19.9 Å². The van der Waals surface area contributed by atoms with Gasteiger partial charge >= 0.3 is 6.18 Å². The molecule has 2 N–H and O–H groups in total. The molecule has 0 spiro atoms. The molecular formula is C27H29F3N6O. The first-order valence-electron chi connectivity index (χ1n) is 12.1. The highest BCUT2D eigenvalue weighted by Gasteiger charge is 2.30. The minimum Gasteiger partial charge on any atom is -0.381 e. The van der Waals surface area contributed by atoms with Crippen LogP contribution in [-0.2, 0) is 23.2 Å². The molecule has 3 aromatic heterocycles. The Kier molecular flexibility index (Phi) is 8.01. The monoisotopic (exact) mass is 510 g/mol. The molecule has 0 unspecified atom stereocenters. The molecular weight excluding hydrogens is 481 g/mol. The molecule has 3 aromatic rings. The lowest BCUT2D eigenvalue weighted by molar-refractivity contribution is -0.140. The van der Waals surface area contributed by atoms with Crippen molar-refractivity contribution in [1.82, 2.24) is 19.9 Å². The Bertz CT molecular complexity index is 1320. The van der Waals surface area contributed by atoms with Gasteiger partial charge in [-0.25, -0.2) is 0 Å². The summed E-state index contributed by atoms with van der Waals surface area (Å²) >= 11 is 0. The Labute approximate surface area is 214 Å². The number of hydrogen-bond acceptors (Lipinski definition) is 6. The number of nitriles is 1. The van der Waals surface area contributed by atoms with Crippen LogP contribution in [0.3, 0.4) is 0 Å². The number of halogens is 3. The summed E-state index contributed by atoms with van der Waals surface area (Å²) in [5.74, 6) is 5.78. The van der Waals surface area contributed by atoms with Gasteiger partial charge in [-0.05, 0) is 56.9 Å². The normalized spacial score (nSPS) is 14.7. The zero-order valence-electron chi connectivity index (χ0n) is 20.8. The number of alkyl halides is 3. The predicted molar refractivity (Wildman–Crippen MR) is 135 cm³/mol. The third-order valence-electron chi connectivity index (χ3n) is 6.26. The lowest BCUT2D eigenvalue weighted by Crippen LogP contribution is -2.34. The zero-order valence-corrected chi connectivity index (χ0v) is 20.8. The largest absolute Gasteiger partial charge is 0.406 e. The van der Waals surface area contributed by atoms with Crippen LogP contribution >= 0.6 is 0 Å². The average Bonchev–Trinajstić information content (AvgIpc) is 3.21. The number of pyridine rings is 2. The van der Waals surface area contributed by atoms with E-state index in [-0.39, 0.29) is 12.2 Å². The van der Waals surface area contributed by atoms with Crippen molar-refractivity contribution in [2.45, 2.75) is 57.4 Å². The van der Waals surface area contributed by atoms with Crippen LogP contribution in [0.25, 0.3) is 10.9 Å². The molecule has 0 aliphatic carbocycles. The smallest absolute Gasteiger partial charge is 0.381 e. The zero-order chi connectivity index (χ0) is 26.5. The quantitative estimate of drug-likeness (QED) is 0.455. The van der Waals surface area contributed by atoms with E-state index in [1.54, 1.807) is 38.2 Å². The van der Waals surface area contributed by atoms with Crippen molar-refractivity contribution in [1.29, 1.82) is 5.26 Å². The van der Waals surface area contributed by atoms with E-state index in [9.17, 15) is 18.4 Å². The molecule has 0 bridgehead atoms. The Morgan fingerprint density at radius 2 is 1.92 bits per heavy atom. The number of rotatable bonds is 7. The van der Waals surface area contributed by atoms with Crippen molar-refractivity contribution in [2.75, 3.05) is 25.1 Å². The SMILES string of the molecule is CC(C)(C#N)c1ccc(NCC#Cc2cc3cc(CNC4CCOCC4)ncc3n2CC(F)(F)F)cn1. The number of fused-ring (bicyclic) bond motifs is 1. The van der Waals surface area contributed by atoms with Gasteiger partial charge in [0.2, 0.25) is 0 Å². The fraction of sp³-hybridized carbons (Fsp3) is 0.444. The highest BCUT2D eigenvalue weighted by molar-refractivity contribution is 5.82. The molecule has 1 aliphatic rings. The van der Waals surface area contributed by atoms with Crippen LogP contribution in [0.4, 0.5) is 18.9 Å². The van der Waals surface area contributed by atoms with E-state index < -0.39 is 18.1 Å². The number of anilines is 1. The molecule has 10 heteroatoms. The summed E-state index contributed by atoms with van der Waals surface area (Å²) in [6, 6.07) is 9.60. The standard InChI is InChI=1S/C27H29F3N6O/c1-26(2,17-31)25-6-5-21(14-35-25)32-9-3-4-23-13-19-12-22(15-33-20-7-10-37-11-8-20)34-16-24(19)36(23)18-27(28,29)30/h5-6,12-14,16,20,32-33H,7-11,15,18H2,1-2H3. The van der Waals surface area contributed by atoms with Gasteiger partial charge in [-0.2, -0.15) is 18.4 Å². The molecule has 7 nitrogen and oxygen atoms in total. The number of ether oxygens (including phenoxy) is 1. The van der Waals surface area contributed by atoms with E-state index in [1.807, 2.05) is 6.07 Å². The molecule has 194 valence electrons. The predicted octanol–water partition coefficient (Wildman–Crippen LogP) is 4.53. The number of hydrogen-bond donors (Lipinski definition) is 2. The van der Waals surface area contributed by atoms with Gasteiger partial charge in [0.1, 0.15) is 6.54 Å². The Hall–Kier alpha value is -3.60. The summed E-state index contributed by atoms with van der Waals surface area (Å²) in [6.45, 7) is 4.63. The van der Waals surface area contributed by atoms with Gasteiger partial charge in [0.25, 0.3) is 0 Å². The van der Waals surface area contributed by atoms with Gasteiger partial charge in [0.05, 0.1) is 58.7 Å². The molecule has 4 heterocycles.